The van der Waals surface area contributed by atoms with Gasteiger partial charge in [0.2, 0.25) is 0 Å². The highest BCUT2D eigenvalue weighted by molar-refractivity contribution is 7.99. The summed E-state index contributed by atoms with van der Waals surface area (Å²) in [6, 6.07) is 14.3. The summed E-state index contributed by atoms with van der Waals surface area (Å²) < 4.78 is 11.1. The summed E-state index contributed by atoms with van der Waals surface area (Å²) in [5, 5.41) is 0. The standard InChI is InChI=1S/C24H25NO5S/c26-22-18-9-1-2-10-19(18)23(27)25(22)13-5-6-14-30-24(28)20-11-3-4-12-21(20)31-16-17-8-7-15-29-17/h1-4,9-12,17H,5-8,13-16H2/t17-/m1/s1. The van der Waals surface area contributed by atoms with Gasteiger partial charge in [-0.25, -0.2) is 4.79 Å². The van der Waals surface area contributed by atoms with Crippen molar-refractivity contribution in [2.75, 3.05) is 25.5 Å². The van der Waals surface area contributed by atoms with Crippen LogP contribution in [0.15, 0.2) is 53.4 Å². The van der Waals surface area contributed by atoms with Gasteiger partial charge in [-0.2, -0.15) is 0 Å². The molecule has 4 rings (SSSR count). The first kappa shape index (κ1) is 21.6. The Hall–Kier alpha value is -2.64. The number of amides is 2. The fourth-order valence-corrected chi connectivity index (χ4v) is 4.89. The van der Waals surface area contributed by atoms with Crippen LogP contribution in [0.5, 0.6) is 0 Å². The van der Waals surface area contributed by atoms with Crippen LogP contribution in [-0.4, -0.2) is 54.3 Å². The van der Waals surface area contributed by atoms with E-state index in [9.17, 15) is 14.4 Å². The quantitative estimate of drug-likeness (QED) is 0.252. The number of fused-ring (bicyclic) bond motifs is 1. The third-order valence-electron chi connectivity index (χ3n) is 5.44. The second-order valence-electron chi connectivity index (χ2n) is 7.59. The molecule has 0 spiro atoms. The molecule has 2 aliphatic rings. The summed E-state index contributed by atoms with van der Waals surface area (Å²) >= 11 is 1.62. The molecule has 0 saturated carbocycles. The fourth-order valence-electron chi connectivity index (χ4n) is 3.78. The number of rotatable bonds is 9. The summed E-state index contributed by atoms with van der Waals surface area (Å²) in [4.78, 5) is 39.4. The number of unbranched alkanes of at least 4 members (excludes halogenated alkanes) is 1. The van der Waals surface area contributed by atoms with Gasteiger partial charge in [-0.3, -0.25) is 14.5 Å². The molecule has 1 atom stereocenters. The van der Waals surface area contributed by atoms with Gasteiger partial charge in [0, 0.05) is 23.8 Å². The lowest BCUT2D eigenvalue weighted by molar-refractivity contribution is 0.0482. The predicted octanol–water partition coefficient (Wildman–Crippen LogP) is 4.19. The van der Waals surface area contributed by atoms with Crippen molar-refractivity contribution in [2.24, 2.45) is 0 Å². The summed E-state index contributed by atoms with van der Waals surface area (Å²) in [5.74, 6) is -0.0364. The highest BCUT2D eigenvalue weighted by Gasteiger charge is 2.34. The third kappa shape index (κ3) is 4.99. The maximum Gasteiger partial charge on any atom is 0.339 e. The van der Waals surface area contributed by atoms with Crippen LogP contribution in [0.1, 0.15) is 56.8 Å². The molecule has 0 aromatic heterocycles. The molecule has 6 nitrogen and oxygen atoms in total. The maximum atomic E-state index is 12.5. The van der Waals surface area contributed by atoms with Gasteiger partial charge in [-0.1, -0.05) is 24.3 Å². The number of hydrogen-bond acceptors (Lipinski definition) is 6. The van der Waals surface area contributed by atoms with Crippen molar-refractivity contribution in [1.29, 1.82) is 0 Å². The topological polar surface area (TPSA) is 72.9 Å². The van der Waals surface area contributed by atoms with Gasteiger partial charge in [0.15, 0.2) is 0 Å². The molecule has 0 N–H and O–H groups in total. The van der Waals surface area contributed by atoms with Crippen LogP contribution in [0, 0.1) is 0 Å². The van der Waals surface area contributed by atoms with Crippen molar-refractivity contribution in [1.82, 2.24) is 4.90 Å². The van der Waals surface area contributed by atoms with Crippen molar-refractivity contribution < 1.29 is 23.9 Å². The van der Waals surface area contributed by atoms with Gasteiger partial charge in [0.05, 0.1) is 29.4 Å². The number of benzene rings is 2. The van der Waals surface area contributed by atoms with Gasteiger partial charge < -0.3 is 9.47 Å². The Morgan fingerprint density at radius 2 is 1.74 bits per heavy atom. The zero-order valence-electron chi connectivity index (χ0n) is 17.2. The van der Waals surface area contributed by atoms with Crippen LogP contribution >= 0.6 is 11.8 Å². The van der Waals surface area contributed by atoms with Gasteiger partial charge in [0.1, 0.15) is 0 Å². The molecular formula is C24H25NO5S. The van der Waals surface area contributed by atoms with E-state index in [1.807, 2.05) is 18.2 Å². The molecule has 0 radical (unpaired) electrons. The lowest BCUT2D eigenvalue weighted by atomic mass is 10.1. The Kier molecular flexibility index (Phi) is 7.04. The van der Waals surface area contributed by atoms with Gasteiger partial charge in [-0.15, -0.1) is 11.8 Å². The summed E-state index contributed by atoms with van der Waals surface area (Å²) in [6.07, 6.45) is 3.55. The summed E-state index contributed by atoms with van der Waals surface area (Å²) in [5.41, 5.74) is 1.47. The minimum Gasteiger partial charge on any atom is -0.462 e. The van der Waals surface area contributed by atoms with E-state index in [4.69, 9.17) is 9.47 Å². The molecule has 2 aliphatic heterocycles. The lowest BCUT2D eigenvalue weighted by Crippen LogP contribution is -2.30. The maximum absolute atomic E-state index is 12.5. The Labute approximate surface area is 185 Å². The van der Waals surface area contributed by atoms with Gasteiger partial charge in [0.25, 0.3) is 11.8 Å². The number of imide groups is 1. The van der Waals surface area contributed by atoms with E-state index in [0.29, 0.717) is 36.1 Å². The minimum atomic E-state index is -0.351. The van der Waals surface area contributed by atoms with Crippen molar-refractivity contribution >= 4 is 29.5 Å². The van der Waals surface area contributed by atoms with Crippen molar-refractivity contribution in [3.8, 4) is 0 Å². The SMILES string of the molecule is O=C(OCCCCN1C(=O)c2ccccc2C1=O)c1ccccc1SC[C@H]1CCCO1. The average molecular weight is 440 g/mol. The number of nitrogens with zero attached hydrogens (tertiary/aromatic N) is 1. The molecule has 2 aromatic rings. The summed E-state index contributed by atoms with van der Waals surface area (Å²) in [6.45, 7) is 1.38. The van der Waals surface area contributed by atoms with E-state index < -0.39 is 0 Å². The Bertz CT molecular complexity index is 935. The van der Waals surface area contributed by atoms with Crippen LogP contribution in [0.25, 0.3) is 0 Å². The molecule has 7 heteroatoms. The van der Waals surface area contributed by atoms with E-state index in [2.05, 4.69) is 0 Å². The van der Waals surface area contributed by atoms with Crippen LogP contribution < -0.4 is 0 Å². The van der Waals surface area contributed by atoms with E-state index in [1.165, 1.54) is 4.90 Å². The van der Waals surface area contributed by atoms with E-state index in [1.54, 1.807) is 42.1 Å². The number of carbonyl (C=O) groups is 3. The molecule has 1 saturated heterocycles. The Morgan fingerprint density at radius 1 is 1.03 bits per heavy atom. The van der Waals surface area contributed by atoms with Crippen LogP contribution in [0.2, 0.25) is 0 Å². The third-order valence-corrected chi connectivity index (χ3v) is 6.65. The predicted molar refractivity (Wildman–Crippen MR) is 117 cm³/mol. The zero-order valence-corrected chi connectivity index (χ0v) is 18.1. The van der Waals surface area contributed by atoms with Crippen molar-refractivity contribution in [3.05, 3.63) is 65.2 Å². The normalized spacial score (nSPS) is 17.8. The molecule has 162 valence electrons. The Balaban J connectivity index is 1.22. The van der Waals surface area contributed by atoms with Crippen LogP contribution in [0.3, 0.4) is 0 Å². The number of ether oxygens (including phenoxy) is 2. The van der Waals surface area contributed by atoms with Crippen LogP contribution in [0.4, 0.5) is 0 Å². The summed E-state index contributed by atoms with van der Waals surface area (Å²) in [7, 11) is 0. The molecule has 0 aliphatic carbocycles. The monoisotopic (exact) mass is 439 g/mol. The fraction of sp³-hybridized carbons (Fsp3) is 0.375. The lowest BCUT2D eigenvalue weighted by Gasteiger charge is -2.14. The molecule has 0 unspecified atom stereocenters. The van der Waals surface area contributed by atoms with E-state index in [-0.39, 0.29) is 30.5 Å². The number of thioether (sulfide) groups is 1. The van der Waals surface area contributed by atoms with Crippen molar-refractivity contribution in [2.45, 2.75) is 36.7 Å². The van der Waals surface area contributed by atoms with E-state index >= 15 is 0 Å². The zero-order chi connectivity index (χ0) is 21.6. The molecular weight excluding hydrogens is 414 g/mol. The molecule has 2 amide bonds. The van der Waals surface area contributed by atoms with Gasteiger partial charge in [-0.05, 0) is 49.9 Å². The van der Waals surface area contributed by atoms with E-state index in [0.717, 1.165) is 30.1 Å². The molecule has 2 aromatic carbocycles. The molecule has 2 heterocycles. The molecule has 31 heavy (non-hydrogen) atoms. The highest BCUT2D eigenvalue weighted by atomic mass is 32.2. The second-order valence-corrected chi connectivity index (χ2v) is 8.65. The average Bonchev–Trinajstić information content (AvgIpc) is 3.40. The highest BCUT2D eigenvalue weighted by Crippen LogP contribution is 2.27. The first-order valence-electron chi connectivity index (χ1n) is 10.6. The van der Waals surface area contributed by atoms with Gasteiger partial charge >= 0.3 is 5.97 Å². The molecule has 1 fully saturated rings. The number of carbonyl (C=O) groups excluding carboxylic acids is 3. The minimum absolute atomic E-state index is 0.243. The number of esters is 1. The first-order chi connectivity index (χ1) is 15.1. The van der Waals surface area contributed by atoms with Crippen molar-refractivity contribution in [3.63, 3.8) is 0 Å². The van der Waals surface area contributed by atoms with Crippen LogP contribution in [-0.2, 0) is 9.47 Å². The Morgan fingerprint density at radius 3 is 2.45 bits per heavy atom. The molecule has 0 bridgehead atoms. The largest absolute Gasteiger partial charge is 0.462 e. The second kappa shape index (κ2) is 10.1. The number of hydrogen-bond donors (Lipinski definition) is 0. The smallest absolute Gasteiger partial charge is 0.339 e. The first-order valence-corrected chi connectivity index (χ1v) is 11.6.